The smallest absolute Gasteiger partial charge is 0.332 e. The highest BCUT2D eigenvalue weighted by Crippen LogP contribution is 2.22. The summed E-state index contributed by atoms with van der Waals surface area (Å²) in [5.41, 5.74) is 6.08. The summed E-state index contributed by atoms with van der Waals surface area (Å²) in [6, 6.07) is 8.35. The standard InChI is InChI=1S/C24H26N8O3/c1-3-4-11-31-20-21(28-23(31)30-10-6-8-17(26)14-30)29(2)24(35)32(22(20)34)15-19(33)27-18-9-5-7-16(12-18)13-25/h5,7,9,12,17H,6,8,10-11,14-15,26H2,1-2H3,(H,27,33). The van der Waals surface area contributed by atoms with Crippen molar-refractivity contribution in [3.05, 3.63) is 50.7 Å². The Bertz CT molecular complexity index is 1510. The van der Waals surface area contributed by atoms with Crippen molar-refractivity contribution >= 4 is 28.7 Å². The summed E-state index contributed by atoms with van der Waals surface area (Å²) >= 11 is 0. The number of piperidine rings is 1. The molecule has 1 atom stereocenters. The van der Waals surface area contributed by atoms with E-state index in [1.807, 2.05) is 11.0 Å². The average molecular weight is 475 g/mol. The number of fused-ring (bicyclic) bond motifs is 1. The number of amides is 1. The van der Waals surface area contributed by atoms with Gasteiger partial charge in [0.2, 0.25) is 11.9 Å². The first-order valence-corrected chi connectivity index (χ1v) is 11.2. The molecule has 0 aliphatic carbocycles. The molecule has 0 spiro atoms. The second kappa shape index (κ2) is 9.87. The van der Waals surface area contributed by atoms with Crippen LogP contribution in [0.3, 0.4) is 0 Å². The number of carbonyl (C=O) groups is 1. The SMILES string of the molecule is CC#CCn1c(N2CCCC(N)C2)nc2c1c(=O)n(CC(=O)Nc1cccc(C#N)c1)c(=O)n2C. The largest absolute Gasteiger partial charge is 0.341 e. The van der Waals surface area contributed by atoms with Crippen LogP contribution in [-0.4, -0.2) is 43.7 Å². The maximum atomic E-state index is 13.5. The lowest BCUT2D eigenvalue weighted by Gasteiger charge is -2.31. The lowest BCUT2D eigenvalue weighted by molar-refractivity contribution is -0.116. The van der Waals surface area contributed by atoms with Gasteiger partial charge >= 0.3 is 5.69 Å². The number of imidazole rings is 1. The van der Waals surface area contributed by atoms with Crippen LogP contribution in [0, 0.1) is 23.2 Å². The molecule has 3 heterocycles. The number of nitriles is 1. The van der Waals surface area contributed by atoms with Gasteiger partial charge in [-0.1, -0.05) is 12.0 Å². The lowest BCUT2D eigenvalue weighted by atomic mass is 10.1. The minimum absolute atomic E-state index is 0.0158. The molecule has 3 aromatic rings. The summed E-state index contributed by atoms with van der Waals surface area (Å²) in [5.74, 6) is 5.76. The van der Waals surface area contributed by atoms with Crippen molar-refractivity contribution in [2.45, 2.75) is 38.9 Å². The normalized spacial score (nSPS) is 15.4. The number of aromatic nitrogens is 4. The molecular formula is C24H26N8O3. The second-order valence-corrected chi connectivity index (χ2v) is 8.42. The highest BCUT2D eigenvalue weighted by atomic mass is 16.2. The summed E-state index contributed by atoms with van der Waals surface area (Å²) < 4.78 is 3.84. The molecule has 1 fully saturated rings. The number of carbonyl (C=O) groups excluding carboxylic acids is 1. The number of hydrogen-bond donors (Lipinski definition) is 2. The van der Waals surface area contributed by atoms with E-state index in [9.17, 15) is 14.4 Å². The van der Waals surface area contributed by atoms with Gasteiger partial charge in [-0.05, 0) is 38.0 Å². The quantitative estimate of drug-likeness (QED) is 0.508. The molecule has 3 N–H and O–H groups in total. The summed E-state index contributed by atoms with van der Waals surface area (Å²) in [7, 11) is 1.52. The van der Waals surface area contributed by atoms with E-state index >= 15 is 0 Å². The van der Waals surface area contributed by atoms with E-state index in [2.05, 4.69) is 22.1 Å². The van der Waals surface area contributed by atoms with Crippen molar-refractivity contribution in [1.29, 1.82) is 5.26 Å². The van der Waals surface area contributed by atoms with Crippen LogP contribution in [0.2, 0.25) is 0 Å². The Hall–Kier alpha value is -4.35. The van der Waals surface area contributed by atoms with E-state index in [4.69, 9.17) is 11.0 Å². The molecule has 35 heavy (non-hydrogen) atoms. The molecule has 1 saturated heterocycles. The Kier molecular flexibility index (Phi) is 6.71. The van der Waals surface area contributed by atoms with Gasteiger partial charge in [0, 0.05) is 31.9 Å². The van der Waals surface area contributed by atoms with Crippen molar-refractivity contribution in [3.8, 4) is 17.9 Å². The van der Waals surface area contributed by atoms with Crippen LogP contribution in [0.25, 0.3) is 11.2 Å². The zero-order valence-electron chi connectivity index (χ0n) is 19.6. The molecule has 11 heteroatoms. The van der Waals surface area contributed by atoms with Gasteiger partial charge in [-0.25, -0.2) is 9.36 Å². The van der Waals surface area contributed by atoms with Gasteiger partial charge in [0.05, 0.1) is 18.2 Å². The Labute approximate surface area is 201 Å². The number of nitrogens with zero attached hydrogens (tertiary/aromatic N) is 6. The van der Waals surface area contributed by atoms with Crippen LogP contribution in [0.4, 0.5) is 11.6 Å². The van der Waals surface area contributed by atoms with E-state index < -0.39 is 23.7 Å². The monoisotopic (exact) mass is 474 g/mol. The fourth-order valence-electron chi connectivity index (χ4n) is 4.25. The first-order valence-electron chi connectivity index (χ1n) is 11.2. The van der Waals surface area contributed by atoms with E-state index in [-0.39, 0.29) is 23.8 Å². The average Bonchev–Trinajstić information content (AvgIpc) is 3.24. The van der Waals surface area contributed by atoms with Crippen molar-refractivity contribution < 1.29 is 4.79 Å². The third-order valence-corrected chi connectivity index (χ3v) is 5.94. The van der Waals surface area contributed by atoms with Crippen LogP contribution >= 0.6 is 0 Å². The zero-order chi connectivity index (χ0) is 25.1. The maximum Gasteiger partial charge on any atom is 0.332 e. The number of anilines is 2. The number of benzene rings is 1. The summed E-state index contributed by atoms with van der Waals surface area (Å²) in [6.07, 6.45) is 1.79. The Balaban J connectivity index is 1.78. The zero-order valence-corrected chi connectivity index (χ0v) is 19.6. The van der Waals surface area contributed by atoms with Crippen molar-refractivity contribution in [1.82, 2.24) is 18.7 Å². The molecule has 2 aromatic heterocycles. The lowest BCUT2D eigenvalue weighted by Crippen LogP contribution is -2.44. The van der Waals surface area contributed by atoms with Crippen LogP contribution in [0.5, 0.6) is 0 Å². The first-order chi connectivity index (χ1) is 16.8. The molecule has 1 aromatic carbocycles. The van der Waals surface area contributed by atoms with E-state index in [0.29, 0.717) is 23.7 Å². The maximum absolute atomic E-state index is 13.5. The molecule has 1 amide bonds. The van der Waals surface area contributed by atoms with E-state index in [1.165, 1.54) is 17.7 Å². The highest BCUT2D eigenvalue weighted by Gasteiger charge is 2.26. The van der Waals surface area contributed by atoms with Gasteiger partial charge in [-0.2, -0.15) is 10.2 Å². The predicted molar refractivity (Wildman–Crippen MR) is 132 cm³/mol. The van der Waals surface area contributed by atoms with Gasteiger partial charge in [-0.15, -0.1) is 5.92 Å². The summed E-state index contributed by atoms with van der Waals surface area (Å²) in [4.78, 5) is 45.9. The third kappa shape index (κ3) is 4.67. The molecule has 0 saturated carbocycles. The summed E-state index contributed by atoms with van der Waals surface area (Å²) in [5, 5.41) is 11.7. The van der Waals surface area contributed by atoms with Gasteiger partial charge in [0.1, 0.15) is 6.54 Å². The van der Waals surface area contributed by atoms with E-state index in [1.54, 1.807) is 29.7 Å². The number of nitrogens with two attached hydrogens (primary N) is 1. The number of nitrogens with one attached hydrogen (secondary N) is 1. The van der Waals surface area contributed by atoms with Crippen LogP contribution in [0.15, 0.2) is 33.9 Å². The molecule has 11 nitrogen and oxygen atoms in total. The number of aryl methyl sites for hydroxylation is 1. The molecule has 0 radical (unpaired) electrons. The molecule has 4 rings (SSSR count). The molecule has 1 unspecified atom stereocenters. The van der Waals surface area contributed by atoms with Gasteiger partial charge in [0.15, 0.2) is 11.2 Å². The van der Waals surface area contributed by atoms with Crippen molar-refractivity contribution in [3.63, 3.8) is 0 Å². The topological polar surface area (TPSA) is 144 Å². The van der Waals surface area contributed by atoms with Crippen molar-refractivity contribution in [2.75, 3.05) is 23.3 Å². The molecular weight excluding hydrogens is 448 g/mol. The van der Waals surface area contributed by atoms with Crippen LogP contribution < -0.4 is 27.2 Å². The Morgan fingerprint density at radius 3 is 2.83 bits per heavy atom. The van der Waals surface area contributed by atoms with Gasteiger partial charge < -0.3 is 16.0 Å². The minimum atomic E-state index is -0.656. The third-order valence-electron chi connectivity index (χ3n) is 5.94. The Morgan fingerprint density at radius 1 is 1.31 bits per heavy atom. The minimum Gasteiger partial charge on any atom is -0.341 e. The fourth-order valence-corrected chi connectivity index (χ4v) is 4.25. The van der Waals surface area contributed by atoms with Gasteiger partial charge in [-0.3, -0.25) is 18.7 Å². The number of rotatable bonds is 5. The molecule has 1 aliphatic heterocycles. The summed E-state index contributed by atoms with van der Waals surface area (Å²) in [6.45, 7) is 2.72. The predicted octanol–water partition coefficient (Wildman–Crippen LogP) is 0.358. The van der Waals surface area contributed by atoms with Crippen molar-refractivity contribution in [2.24, 2.45) is 12.8 Å². The first kappa shape index (κ1) is 23.8. The molecule has 180 valence electrons. The molecule has 1 aliphatic rings. The Morgan fingerprint density at radius 2 is 2.11 bits per heavy atom. The van der Waals surface area contributed by atoms with Gasteiger partial charge in [0.25, 0.3) is 5.56 Å². The van der Waals surface area contributed by atoms with Crippen LogP contribution in [0.1, 0.15) is 25.3 Å². The second-order valence-electron chi connectivity index (χ2n) is 8.42. The highest BCUT2D eigenvalue weighted by molar-refractivity contribution is 5.90. The van der Waals surface area contributed by atoms with E-state index in [0.717, 1.165) is 24.0 Å². The number of hydrogen-bond acceptors (Lipinski definition) is 7. The molecule has 0 bridgehead atoms. The van der Waals surface area contributed by atoms with Crippen LogP contribution in [-0.2, 0) is 24.9 Å². The fraction of sp³-hybridized carbons (Fsp3) is 0.375.